The van der Waals surface area contributed by atoms with E-state index in [0.717, 1.165) is 0 Å². The van der Waals surface area contributed by atoms with E-state index in [-0.39, 0.29) is 11.9 Å². The Balaban J connectivity index is 0.000000237. The molecule has 4 N–H and O–H groups in total. The number of nitrogens with two attached hydrogens (primary N) is 2. The van der Waals surface area contributed by atoms with Crippen molar-refractivity contribution >= 4 is 40.4 Å². The number of methoxy groups -OCH3 is 2. The molecule has 0 aromatic carbocycles. The van der Waals surface area contributed by atoms with Crippen LogP contribution >= 0.6 is 15.9 Å². The fraction of sp³-hybridized carbons (Fsp3) is 0.500. The predicted octanol–water partition coefficient (Wildman–Crippen LogP) is 1.20. The van der Waals surface area contributed by atoms with Crippen molar-refractivity contribution in [1.29, 1.82) is 0 Å². The van der Waals surface area contributed by atoms with Gasteiger partial charge in [-0.25, -0.2) is 9.97 Å². The maximum atomic E-state index is 5.91. The van der Waals surface area contributed by atoms with Gasteiger partial charge in [-0.2, -0.15) is 9.97 Å². The van der Waals surface area contributed by atoms with Crippen molar-refractivity contribution in [2.75, 3.05) is 25.7 Å². The second-order valence-electron chi connectivity index (χ2n) is 6.87. The molecule has 3 rings (SSSR count). The van der Waals surface area contributed by atoms with Gasteiger partial charge < -0.3 is 30.2 Å². The van der Waals surface area contributed by atoms with Crippen LogP contribution in [0.5, 0.6) is 11.8 Å². The molecule has 10 nitrogen and oxygen atoms in total. The highest BCUT2D eigenvalue weighted by Gasteiger charge is 2.52. The maximum Gasteiger partial charge on any atom is 0.502 e. The van der Waals surface area contributed by atoms with E-state index in [0.29, 0.717) is 21.7 Å². The number of rotatable bonds is 3. The zero-order valence-electron chi connectivity index (χ0n) is 16.7. The summed E-state index contributed by atoms with van der Waals surface area (Å²) in [4.78, 5) is 15.5. The summed E-state index contributed by atoms with van der Waals surface area (Å²) < 4.78 is 22.5. The average Bonchev–Trinajstić information content (AvgIpc) is 2.84. The van der Waals surface area contributed by atoms with E-state index >= 15 is 0 Å². The first-order valence-corrected chi connectivity index (χ1v) is 9.14. The van der Waals surface area contributed by atoms with Crippen molar-refractivity contribution < 1.29 is 18.8 Å². The lowest BCUT2D eigenvalue weighted by molar-refractivity contribution is 0.00578. The minimum absolute atomic E-state index is 0.159. The molecule has 1 fully saturated rings. The Morgan fingerprint density at radius 1 is 0.893 bits per heavy atom. The van der Waals surface area contributed by atoms with Crippen LogP contribution in [-0.4, -0.2) is 52.5 Å². The van der Waals surface area contributed by atoms with E-state index in [2.05, 4.69) is 35.9 Å². The largest absolute Gasteiger partial charge is 0.502 e. The van der Waals surface area contributed by atoms with Crippen LogP contribution in [0.1, 0.15) is 27.7 Å². The molecule has 2 aromatic rings. The number of nitrogen functional groups attached to an aromatic ring is 2. The summed E-state index contributed by atoms with van der Waals surface area (Å²) >= 11 is 3.19. The van der Waals surface area contributed by atoms with Crippen molar-refractivity contribution in [3.8, 4) is 11.8 Å². The Hall–Kier alpha value is -2.18. The molecule has 0 aliphatic carbocycles. The summed E-state index contributed by atoms with van der Waals surface area (Å²) in [5.41, 5.74) is 10.6. The first kappa shape index (κ1) is 22.1. The molecule has 0 bridgehead atoms. The molecule has 1 saturated heterocycles. The van der Waals surface area contributed by atoms with E-state index in [1.54, 1.807) is 12.4 Å². The second-order valence-corrected chi connectivity index (χ2v) is 7.72. The number of hydrogen-bond donors (Lipinski definition) is 2. The van der Waals surface area contributed by atoms with Crippen molar-refractivity contribution in [2.45, 2.75) is 38.9 Å². The Bertz CT molecular complexity index is 823. The quantitative estimate of drug-likeness (QED) is 0.649. The van der Waals surface area contributed by atoms with Gasteiger partial charge in [-0.05, 0) is 43.6 Å². The molecule has 0 radical (unpaired) electrons. The van der Waals surface area contributed by atoms with Gasteiger partial charge in [-0.15, -0.1) is 0 Å². The molecule has 3 heterocycles. The third kappa shape index (κ3) is 4.81. The van der Waals surface area contributed by atoms with Crippen LogP contribution in [-0.2, 0) is 9.31 Å². The number of halogens is 1. The summed E-state index contributed by atoms with van der Waals surface area (Å²) in [6.45, 7) is 7.94. The normalized spacial score (nSPS) is 16.9. The van der Waals surface area contributed by atoms with Gasteiger partial charge >= 0.3 is 7.12 Å². The summed E-state index contributed by atoms with van der Waals surface area (Å²) in [7, 11) is 2.49. The zero-order valence-corrected chi connectivity index (χ0v) is 18.3. The van der Waals surface area contributed by atoms with Crippen molar-refractivity contribution in [3.05, 3.63) is 16.9 Å². The monoisotopic (exact) mass is 454 g/mol. The molecule has 152 valence electrons. The topological polar surface area (TPSA) is 141 Å². The lowest BCUT2D eigenvalue weighted by atomic mass is 9.81. The van der Waals surface area contributed by atoms with Crippen LogP contribution in [0.2, 0.25) is 0 Å². The molecular formula is C16H24BBrN6O4. The average molecular weight is 455 g/mol. The molecule has 0 atom stereocenters. The number of nitrogens with zero attached hydrogens (tertiary/aromatic N) is 4. The van der Waals surface area contributed by atoms with Gasteiger partial charge in [0.25, 0.3) is 0 Å². The first-order valence-electron chi connectivity index (χ1n) is 8.34. The van der Waals surface area contributed by atoms with E-state index in [9.17, 15) is 0 Å². The maximum absolute atomic E-state index is 5.91. The smallest absolute Gasteiger partial charge is 0.481 e. The van der Waals surface area contributed by atoms with Crippen LogP contribution in [0.4, 0.5) is 11.9 Å². The fourth-order valence-electron chi connectivity index (χ4n) is 2.19. The van der Waals surface area contributed by atoms with Crippen LogP contribution in [0.15, 0.2) is 16.9 Å². The minimum atomic E-state index is -0.550. The lowest BCUT2D eigenvalue weighted by Gasteiger charge is -2.32. The highest BCUT2D eigenvalue weighted by atomic mass is 79.9. The third-order valence-electron chi connectivity index (χ3n) is 4.42. The summed E-state index contributed by atoms with van der Waals surface area (Å²) in [5.74, 6) is 1.20. The Morgan fingerprint density at radius 3 is 1.82 bits per heavy atom. The van der Waals surface area contributed by atoms with Crippen LogP contribution in [0.3, 0.4) is 0 Å². The van der Waals surface area contributed by atoms with E-state index in [4.69, 9.17) is 30.2 Å². The zero-order chi connectivity index (χ0) is 21.1. The molecule has 1 aliphatic heterocycles. The lowest BCUT2D eigenvalue weighted by Crippen LogP contribution is -2.41. The molecule has 0 spiro atoms. The number of anilines is 2. The molecule has 12 heteroatoms. The number of hydrogen-bond acceptors (Lipinski definition) is 10. The fourth-order valence-corrected chi connectivity index (χ4v) is 2.54. The van der Waals surface area contributed by atoms with Gasteiger partial charge in [0, 0.05) is 6.20 Å². The molecular weight excluding hydrogens is 431 g/mol. The summed E-state index contributed by atoms with van der Waals surface area (Å²) in [6.07, 6.45) is 3.12. The summed E-state index contributed by atoms with van der Waals surface area (Å²) in [5, 5.41) is 0. The van der Waals surface area contributed by atoms with Crippen LogP contribution < -0.4 is 26.4 Å². The Kier molecular flexibility index (Phi) is 6.68. The molecule has 2 aromatic heterocycles. The van der Waals surface area contributed by atoms with Crippen LogP contribution in [0.25, 0.3) is 0 Å². The Morgan fingerprint density at radius 2 is 1.36 bits per heavy atom. The van der Waals surface area contributed by atoms with E-state index in [1.165, 1.54) is 14.2 Å². The third-order valence-corrected chi connectivity index (χ3v) is 4.97. The van der Waals surface area contributed by atoms with Gasteiger partial charge in [-0.1, -0.05) is 0 Å². The highest BCUT2D eigenvalue weighted by molar-refractivity contribution is 9.10. The van der Waals surface area contributed by atoms with Gasteiger partial charge in [0.2, 0.25) is 23.7 Å². The number of aromatic nitrogens is 4. The predicted molar refractivity (Wildman–Crippen MR) is 109 cm³/mol. The van der Waals surface area contributed by atoms with Crippen molar-refractivity contribution in [2.24, 2.45) is 0 Å². The molecule has 1 aliphatic rings. The minimum Gasteiger partial charge on any atom is -0.481 e. The van der Waals surface area contributed by atoms with Gasteiger partial charge in [0.05, 0.1) is 41.6 Å². The highest BCUT2D eigenvalue weighted by Crippen LogP contribution is 2.36. The van der Waals surface area contributed by atoms with Crippen LogP contribution in [0, 0.1) is 0 Å². The first-order chi connectivity index (χ1) is 13.0. The standard InChI is InChI=1S/C11H18BN3O3.C5H6BrN3O/c1-10(2)11(3,4)18-12(17-10)7-6-14-9(13)15-8(7)16-5;1-10-4-3(6)2-8-5(7)9-4/h6H,1-5H3,(H2,13,14,15);2H,1H3,(H2,7,8,9). The molecule has 0 amide bonds. The van der Waals surface area contributed by atoms with Crippen molar-refractivity contribution in [1.82, 2.24) is 19.9 Å². The molecule has 0 saturated carbocycles. The second kappa shape index (κ2) is 8.45. The van der Waals surface area contributed by atoms with Crippen molar-refractivity contribution in [3.63, 3.8) is 0 Å². The summed E-state index contributed by atoms with van der Waals surface area (Å²) in [6, 6.07) is 0. The van der Waals surface area contributed by atoms with E-state index < -0.39 is 18.3 Å². The van der Waals surface area contributed by atoms with Gasteiger partial charge in [-0.3, -0.25) is 0 Å². The number of ether oxygens (including phenoxy) is 2. The van der Waals surface area contributed by atoms with E-state index in [1.807, 2.05) is 27.7 Å². The van der Waals surface area contributed by atoms with Gasteiger partial charge in [0.1, 0.15) is 0 Å². The molecule has 0 unspecified atom stereocenters. The SMILES string of the molecule is COc1nc(N)ncc1B1OC(C)(C)C(C)(C)O1.COc1nc(N)ncc1Br. The van der Waals surface area contributed by atoms with Gasteiger partial charge in [0.15, 0.2) is 0 Å². The molecule has 28 heavy (non-hydrogen) atoms. The Labute approximate surface area is 172 Å².